The number of nitrogens with zero attached hydrogens (tertiary/aromatic N) is 2. The van der Waals surface area contributed by atoms with Crippen LogP contribution in [0.2, 0.25) is 0 Å². The normalized spacial score (nSPS) is 14.4. The maximum absolute atomic E-state index is 12.3. The Hall–Kier alpha value is -2.40. The molecular weight excluding hydrogens is 314 g/mol. The molecule has 132 valence electrons. The Bertz CT molecular complexity index is 739. The molecule has 3 rings (SSSR count). The van der Waals surface area contributed by atoms with E-state index in [4.69, 9.17) is 4.74 Å². The minimum atomic E-state index is 0.0386. The van der Waals surface area contributed by atoms with E-state index < -0.39 is 0 Å². The monoisotopic (exact) mass is 339 g/mol. The number of ether oxygens (including phenoxy) is 1. The fraction of sp³-hybridized carbons (Fsp3) is 0.400. The van der Waals surface area contributed by atoms with Crippen molar-refractivity contribution in [3.63, 3.8) is 0 Å². The van der Waals surface area contributed by atoms with Crippen LogP contribution < -0.4 is 10.2 Å². The number of amides is 1. The molecule has 1 aromatic carbocycles. The van der Waals surface area contributed by atoms with Gasteiger partial charge in [0.15, 0.2) is 0 Å². The van der Waals surface area contributed by atoms with Crippen LogP contribution in [0, 0.1) is 13.8 Å². The first kappa shape index (κ1) is 17.4. The molecule has 5 nitrogen and oxygen atoms in total. The van der Waals surface area contributed by atoms with Gasteiger partial charge in [0.2, 0.25) is 5.91 Å². The van der Waals surface area contributed by atoms with E-state index in [9.17, 15) is 4.79 Å². The van der Waals surface area contributed by atoms with Crippen LogP contribution in [0.4, 0.5) is 11.5 Å². The highest BCUT2D eigenvalue weighted by atomic mass is 16.5. The maximum Gasteiger partial charge on any atom is 0.224 e. The third kappa shape index (κ3) is 4.79. The van der Waals surface area contributed by atoms with Gasteiger partial charge < -0.3 is 15.0 Å². The Morgan fingerprint density at radius 1 is 1.20 bits per heavy atom. The molecule has 1 aliphatic rings. The SMILES string of the molecule is Cc1ccc(NC(=O)CCc2ccnc(N3CCOCC3)c2)c(C)c1. The first-order valence-electron chi connectivity index (χ1n) is 8.76. The number of carbonyl (C=O) groups excluding carboxylic acids is 1. The Kier molecular flexibility index (Phi) is 5.66. The second-order valence-electron chi connectivity index (χ2n) is 6.49. The van der Waals surface area contributed by atoms with Gasteiger partial charge in [-0.3, -0.25) is 4.79 Å². The van der Waals surface area contributed by atoms with Gasteiger partial charge in [0.25, 0.3) is 0 Å². The zero-order valence-corrected chi connectivity index (χ0v) is 14.9. The van der Waals surface area contributed by atoms with Crippen molar-refractivity contribution in [3.05, 3.63) is 53.2 Å². The first-order valence-corrected chi connectivity index (χ1v) is 8.76. The number of anilines is 2. The highest BCUT2D eigenvalue weighted by molar-refractivity contribution is 5.91. The van der Waals surface area contributed by atoms with Crippen LogP contribution in [0.1, 0.15) is 23.1 Å². The fourth-order valence-electron chi connectivity index (χ4n) is 3.01. The van der Waals surface area contributed by atoms with E-state index in [1.165, 1.54) is 5.56 Å². The smallest absolute Gasteiger partial charge is 0.224 e. The van der Waals surface area contributed by atoms with E-state index in [2.05, 4.69) is 27.3 Å². The Labute approximate surface area is 149 Å². The number of aromatic nitrogens is 1. The molecule has 25 heavy (non-hydrogen) atoms. The summed E-state index contributed by atoms with van der Waals surface area (Å²) in [7, 11) is 0. The highest BCUT2D eigenvalue weighted by Gasteiger charge is 2.13. The van der Waals surface area contributed by atoms with E-state index in [1.54, 1.807) is 0 Å². The van der Waals surface area contributed by atoms with Crippen LogP contribution in [0.25, 0.3) is 0 Å². The molecule has 0 radical (unpaired) electrons. The lowest BCUT2D eigenvalue weighted by atomic mass is 10.1. The number of carbonyl (C=O) groups is 1. The van der Waals surface area contributed by atoms with Gasteiger partial charge in [-0.2, -0.15) is 0 Å². The summed E-state index contributed by atoms with van der Waals surface area (Å²) < 4.78 is 5.38. The fourth-order valence-corrected chi connectivity index (χ4v) is 3.01. The van der Waals surface area contributed by atoms with Crippen LogP contribution in [0.5, 0.6) is 0 Å². The average Bonchev–Trinajstić information content (AvgIpc) is 2.63. The summed E-state index contributed by atoms with van der Waals surface area (Å²) in [5.74, 6) is 1.01. The molecule has 0 atom stereocenters. The zero-order chi connectivity index (χ0) is 17.6. The van der Waals surface area contributed by atoms with Crippen molar-refractivity contribution in [1.29, 1.82) is 0 Å². The lowest BCUT2D eigenvalue weighted by Crippen LogP contribution is -2.36. The maximum atomic E-state index is 12.3. The number of rotatable bonds is 5. The summed E-state index contributed by atoms with van der Waals surface area (Å²) in [6.07, 6.45) is 2.98. The molecule has 1 saturated heterocycles. The van der Waals surface area contributed by atoms with E-state index in [1.807, 2.05) is 38.2 Å². The van der Waals surface area contributed by atoms with E-state index in [-0.39, 0.29) is 5.91 Å². The molecule has 1 N–H and O–H groups in total. The molecule has 0 spiro atoms. The molecule has 0 aliphatic carbocycles. The predicted molar refractivity (Wildman–Crippen MR) is 100 cm³/mol. The molecule has 0 bridgehead atoms. The average molecular weight is 339 g/mol. The topological polar surface area (TPSA) is 54.5 Å². The van der Waals surface area contributed by atoms with Crippen molar-refractivity contribution < 1.29 is 9.53 Å². The lowest BCUT2D eigenvalue weighted by Gasteiger charge is -2.28. The summed E-state index contributed by atoms with van der Waals surface area (Å²) in [6.45, 7) is 7.27. The second-order valence-corrected chi connectivity index (χ2v) is 6.49. The number of benzene rings is 1. The molecule has 2 aromatic rings. The minimum absolute atomic E-state index is 0.0386. The Morgan fingerprint density at radius 3 is 2.76 bits per heavy atom. The third-order valence-corrected chi connectivity index (χ3v) is 4.44. The van der Waals surface area contributed by atoms with Crippen molar-refractivity contribution >= 4 is 17.4 Å². The van der Waals surface area contributed by atoms with Crippen molar-refractivity contribution in [2.24, 2.45) is 0 Å². The number of nitrogens with one attached hydrogen (secondary N) is 1. The van der Waals surface area contributed by atoms with Gasteiger partial charge in [0.05, 0.1) is 13.2 Å². The van der Waals surface area contributed by atoms with Crippen molar-refractivity contribution in [2.75, 3.05) is 36.5 Å². The number of aryl methyl sites for hydroxylation is 3. The molecule has 5 heteroatoms. The van der Waals surface area contributed by atoms with Gasteiger partial charge in [0.1, 0.15) is 5.82 Å². The molecule has 2 heterocycles. The Morgan fingerprint density at radius 2 is 2.00 bits per heavy atom. The quantitative estimate of drug-likeness (QED) is 0.909. The van der Waals surface area contributed by atoms with Gasteiger partial charge in [-0.15, -0.1) is 0 Å². The summed E-state index contributed by atoms with van der Waals surface area (Å²) in [5, 5.41) is 3.00. The van der Waals surface area contributed by atoms with Crippen molar-refractivity contribution in [2.45, 2.75) is 26.7 Å². The summed E-state index contributed by atoms with van der Waals surface area (Å²) >= 11 is 0. The van der Waals surface area contributed by atoms with Gasteiger partial charge in [-0.05, 0) is 49.6 Å². The molecule has 1 fully saturated rings. The van der Waals surface area contributed by atoms with Gasteiger partial charge in [0, 0.05) is 31.4 Å². The number of morpholine rings is 1. The predicted octanol–water partition coefficient (Wildman–Crippen LogP) is 3.11. The van der Waals surface area contributed by atoms with Crippen LogP contribution >= 0.6 is 0 Å². The van der Waals surface area contributed by atoms with Crippen LogP contribution in [-0.4, -0.2) is 37.2 Å². The zero-order valence-electron chi connectivity index (χ0n) is 14.9. The van der Waals surface area contributed by atoms with Gasteiger partial charge in [-0.1, -0.05) is 17.7 Å². The first-order chi connectivity index (χ1) is 12.1. The van der Waals surface area contributed by atoms with E-state index in [0.29, 0.717) is 12.8 Å². The molecule has 1 aromatic heterocycles. The molecule has 0 unspecified atom stereocenters. The second kappa shape index (κ2) is 8.12. The van der Waals surface area contributed by atoms with Crippen LogP contribution in [0.3, 0.4) is 0 Å². The molecule has 1 amide bonds. The van der Waals surface area contributed by atoms with Gasteiger partial charge in [-0.25, -0.2) is 4.98 Å². The molecule has 0 saturated carbocycles. The summed E-state index contributed by atoms with van der Waals surface area (Å²) in [4.78, 5) is 18.9. The number of hydrogen-bond donors (Lipinski definition) is 1. The number of pyridine rings is 1. The standard InChI is InChI=1S/C20H25N3O2/c1-15-3-5-18(16(2)13-15)22-20(24)6-4-17-7-8-21-19(14-17)23-9-11-25-12-10-23/h3,5,7-8,13-14H,4,6,9-12H2,1-2H3,(H,22,24). The van der Waals surface area contributed by atoms with Crippen LogP contribution in [-0.2, 0) is 16.0 Å². The van der Waals surface area contributed by atoms with Crippen molar-refractivity contribution in [1.82, 2.24) is 4.98 Å². The highest BCUT2D eigenvalue weighted by Crippen LogP contribution is 2.18. The lowest BCUT2D eigenvalue weighted by molar-refractivity contribution is -0.116. The third-order valence-electron chi connectivity index (χ3n) is 4.44. The Balaban J connectivity index is 1.56. The van der Waals surface area contributed by atoms with Gasteiger partial charge >= 0.3 is 0 Å². The summed E-state index contributed by atoms with van der Waals surface area (Å²) in [5.41, 5.74) is 4.31. The van der Waals surface area contributed by atoms with Crippen molar-refractivity contribution in [3.8, 4) is 0 Å². The molecule has 1 aliphatic heterocycles. The molecular formula is C20H25N3O2. The number of hydrogen-bond acceptors (Lipinski definition) is 4. The summed E-state index contributed by atoms with van der Waals surface area (Å²) in [6, 6.07) is 10.1. The minimum Gasteiger partial charge on any atom is -0.378 e. The van der Waals surface area contributed by atoms with E-state index >= 15 is 0 Å². The van der Waals surface area contributed by atoms with Crippen LogP contribution in [0.15, 0.2) is 36.5 Å². The van der Waals surface area contributed by atoms with E-state index in [0.717, 1.165) is 48.9 Å². The largest absolute Gasteiger partial charge is 0.378 e.